The highest BCUT2D eigenvalue weighted by molar-refractivity contribution is 14.1. The third-order valence-electron chi connectivity index (χ3n) is 7.44. The molecule has 2 N–H and O–H groups in total. The Labute approximate surface area is 201 Å². The maximum absolute atomic E-state index is 12.5. The number of rotatable bonds is 7. The van der Waals surface area contributed by atoms with Crippen molar-refractivity contribution in [3.8, 4) is 0 Å². The Morgan fingerprint density at radius 3 is 2.32 bits per heavy atom. The van der Waals surface area contributed by atoms with Crippen molar-refractivity contribution in [2.45, 2.75) is 96.1 Å². The van der Waals surface area contributed by atoms with E-state index in [1.807, 2.05) is 35.7 Å². The van der Waals surface area contributed by atoms with Gasteiger partial charge in [-0.3, -0.25) is 14.3 Å². The first-order chi connectivity index (χ1) is 13.9. The van der Waals surface area contributed by atoms with Gasteiger partial charge in [-0.1, -0.05) is 34.6 Å². The van der Waals surface area contributed by atoms with Crippen LogP contribution < -0.4 is 11.2 Å². The van der Waals surface area contributed by atoms with Gasteiger partial charge in [0.25, 0.3) is 5.56 Å². The van der Waals surface area contributed by atoms with Crippen LogP contribution in [0.5, 0.6) is 0 Å². The molecule has 7 nitrogen and oxygen atoms in total. The number of aromatic nitrogens is 2. The Kier molecular flexibility index (Phi) is 7.98. The third kappa shape index (κ3) is 6.20. The van der Waals surface area contributed by atoms with Crippen LogP contribution >= 0.6 is 22.6 Å². The van der Waals surface area contributed by atoms with Crippen molar-refractivity contribution in [1.82, 2.24) is 9.55 Å². The number of aromatic amines is 1. The highest BCUT2D eigenvalue weighted by Gasteiger charge is 2.46. The van der Waals surface area contributed by atoms with Crippen LogP contribution in [0.25, 0.3) is 0 Å². The SMILES string of the molecule is CC(C)(CC1C[C@H](n2cc(I)c(=O)[nH]c2=O)O[C@@H]1CO[Si](C)(C)C(C)(C)C)[Si](C)(C)O. The summed E-state index contributed by atoms with van der Waals surface area (Å²) < 4.78 is 14.8. The molecular formula is C21H39IN2O5Si2. The van der Waals surface area contributed by atoms with Gasteiger partial charge in [0, 0.05) is 6.20 Å². The molecule has 31 heavy (non-hydrogen) atoms. The predicted molar refractivity (Wildman–Crippen MR) is 138 cm³/mol. The van der Waals surface area contributed by atoms with Crippen LogP contribution in [0.2, 0.25) is 36.3 Å². The average Bonchev–Trinajstić information content (AvgIpc) is 2.96. The molecule has 1 aliphatic heterocycles. The molecule has 178 valence electrons. The first kappa shape index (κ1) is 27.0. The maximum atomic E-state index is 12.5. The smallest absolute Gasteiger partial charge is 0.330 e. The van der Waals surface area contributed by atoms with E-state index in [0.29, 0.717) is 16.6 Å². The lowest BCUT2D eigenvalue weighted by atomic mass is 9.90. The second-order valence-electron chi connectivity index (χ2n) is 11.5. The van der Waals surface area contributed by atoms with Gasteiger partial charge in [0.15, 0.2) is 16.6 Å². The summed E-state index contributed by atoms with van der Waals surface area (Å²) in [5.74, 6) is 0.139. The lowest BCUT2D eigenvalue weighted by Crippen LogP contribution is -2.44. The van der Waals surface area contributed by atoms with Gasteiger partial charge in [0.1, 0.15) is 6.23 Å². The molecule has 1 aromatic rings. The fourth-order valence-corrected chi connectivity index (χ4v) is 5.65. The molecule has 0 bridgehead atoms. The second kappa shape index (κ2) is 9.17. The molecule has 10 heteroatoms. The molecular weight excluding hydrogens is 543 g/mol. The van der Waals surface area contributed by atoms with E-state index in [-0.39, 0.29) is 27.7 Å². The van der Waals surface area contributed by atoms with E-state index < -0.39 is 28.6 Å². The number of halogens is 1. The van der Waals surface area contributed by atoms with E-state index in [4.69, 9.17) is 9.16 Å². The van der Waals surface area contributed by atoms with Crippen molar-refractivity contribution >= 4 is 39.2 Å². The van der Waals surface area contributed by atoms with Crippen molar-refractivity contribution in [2.24, 2.45) is 5.92 Å². The van der Waals surface area contributed by atoms with Crippen molar-refractivity contribution in [3.05, 3.63) is 30.6 Å². The Morgan fingerprint density at radius 2 is 1.81 bits per heavy atom. The molecule has 1 saturated heterocycles. The van der Waals surface area contributed by atoms with E-state index >= 15 is 0 Å². The van der Waals surface area contributed by atoms with Crippen LogP contribution in [0, 0.1) is 9.49 Å². The number of nitrogens with one attached hydrogen (secondary N) is 1. The quantitative estimate of drug-likeness (QED) is 0.367. The van der Waals surface area contributed by atoms with E-state index in [2.05, 4.69) is 52.7 Å². The van der Waals surface area contributed by atoms with Crippen LogP contribution in [0.1, 0.15) is 53.7 Å². The van der Waals surface area contributed by atoms with Gasteiger partial charge < -0.3 is 14.0 Å². The zero-order valence-electron chi connectivity index (χ0n) is 20.3. The van der Waals surface area contributed by atoms with Crippen molar-refractivity contribution < 1.29 is 14.0 Å². The minimum atomic E-state index is -2.40. The zero-order valence-corrected chi connectivity index (χ0v) is 24.5. The fraction of sp³-hybridized carbons (Fsp3) is 0.810. The summed E-state index contributed by atoms with van der Waals surface area (Å²) in [4.78, 5) is 37.4. The van der Waals surface area contributed by atoms with E-state index in [0.717, 1.165) is 6.42 Å². The van der Waals surface area contributed by atoms with Crippen LogP contribution in [0.4, 0.5) is 0 Å². The molecule has 0 aromatic carbocycles. The van der Waals surface area contributed by atoms with Crippen molar-refractivity contribution in [3.63, 3.8) is 0 Å². The first-order valence-corrected chi connectivity index (χ1v) is 17.8. The van der Waals surface area contributed by atoms with Crippen LogP contribution in [0.3, 0.4) is 0 Å². The van der Waals surface area contributed by atoms with Gasteiger partial charge in [-0.05, 0) is 77.6 Å². The van der Waals surface area contributed by atoms with Crippen molar-refractivity contribution in [1.29, 1.82) is 0 Å². The summed E-state index contributed by atoms with van der Waals surface area (Å²) in [6, 6.07) is 0. The van der Waals surface area contributed by atoms with Gasteiger partial charge >= 0.3 is 5.69 Å². The summed E-state index contributed by atoms with van der Waals surface area (Å²) in [5, 5.41) is -0.124. The summed E-state index contributed by atoms with van der Waals surface area (Å²) in [5.41, 5.74) is -0.848. The Bertz CT molecular complexity index is 899. The second-order valence-corrected chi connectivity index (χ2v) is 21.9. The molecule has 0 aliphatic carbocycles. The minimum absolute atomic E-state index is 0.0890. The standard InChI is InChI=1S/C21H39IN2O5Si2/c1-20(2,3)31(8,9)28-13-16-14(11-21(4,5)30(6,7)27)10-17(29-16)24-12-15(22)18(25)23-19(24)26/h12,14,16-17,27H,10-11,13H2,1-9H3,(H,23,25,26)/t14?,16-,17-/m1/s1. The molecule has 3 atom stereocenters. The minimum Gasteiger partial charge on any atom is -0.432 e. The summed E-state index contributed by atoms with van der Waals surface area (Å²) in [6.45, 7) is 19.7. The average molecular weight is 583 g/mol. The molecule has 2 rings (SSSR count). The fourth-order valence-electron chi connectivity index (χ4n) is 3.44. The maximum Gasteiger partial charge on any atom is 0.330 e. The van der Waals surface area contributed by atoms with Gasteiger partial charge in [0.2, 0.25) is 0 Å². The lowest BCUT2D eigenvalue weighted by Gasteiger charge is -2.39. The molecule has 1 aromatic heterocycles. The van der Waals surface area contributed by atoms with Crippen LogP contribution in [-0.4, -0.2) is 43.7 Å². The molecule has 0 radical (unpaired) electrons. The normalized spacial score (nSPS) is 23.4. The van der Waals surface area contributed by atoms with Gasteiger partial charge in [-0.15, -0.1) is 0 Å². The molecule has 0 spiro atoms. The third-order valence-corrected chi connectivity index (χ3v) is 16.2. The van der Waals surface area contributed by atoms with Gasteiger partial charge in [0.05, 0.1) is 16.3 Å². The number of hydrogen-bond acceptors (Lipinski definition) is 5. The first-order valence-electron chi connectivity index (χ1n) is 10.9. The van der Waals surface area contributed by atoms with Gasteiger partial charge in [-0.25, -0.2) is 4.79 Å². The van der Waals surface area contributed by atoms with E-state index in [9.17, 15) is 14.4 Å². The topological polar surface area (TPSA) is 93.6 Å². The number of hydrogen-bond donors (Lipinski definition) is 2. The molecule has 2 heterocycles. The highest BCUT2D eigenvalue weighted by atomic mass is 127. The monoisotopic (exact) mass is 582 g/mol. The predicted octanol–water partition coefficient (Wildman–Crippen LogP) is 4.43. The Hall–Kier alpha value is -0.276. The molecule has 0 amide bonds. The van der Waals surface area contributed by atoms with Crippen molar-refractivity contribution in [2.75, 3.05) is 6.61 Å². The Morgan fingerprint density at radius 1 is 1.23 bits per heavy atom. The van der Waals surface area contributed by atoms with Gasteiger partial charge in [-0.2, -0.15) is 0 Å². The van der Waals surface area contributed by atoms with Crippen LogP contribution in [-0.2, 0) is 9.16 Å². The number of nitrogens with zero attached hydrogens (tertiary/aromatic N) is 1. The molecule has 0 saturated carbocycles. The summed E-state index contributed by atoms with van der Waals surface area (Å²) >= 11 is 1.93. The molecule has 1 aliphatic rings. The molecule has 1 fully saturated rings. The Balaban J connectivity index is 2.32. The summed E-state index contributed by atoms with van der Waals surface area (Å²) in [6.07, 6.45) is 2.36. The lowest BCUT2D eigenvalue weighted by molar-refractivity contribution is -0.0314. The van der Waals surface area contributed by atoms with E-state index in [1.165, 1.54) is 4.57 Å². The number of H-pyrrole nitrogens is 1. The van der Waals surface area contributed by atoms with E-state index in [1.54, 1.807) is 6.20 Å². The number of ether oxygens (including phenoxy) is 1. The largest absolute Gasteiger partial charge is 0.432 e. The zero-order chi connectivity index (χ0) is 24.0. The van der Waals surface area contributed by atoms with Crippen LogP contribution in [0.15, 0.2) is 15.8 Å². The summed E-state index contributed by atoms with van der Waals surface area (Å²) in [7, 11) is -4.37. The molecule has 1 unspecified atom stereocenters. The highest BCUT2D eigenvalue weighted by Crippen LogP contribution is 2.47.